The highest BCUT2D eigenvalue weighted by molar-refractivity contribution is 6.39. The van der Waals surface area contributed by atoms with Gasteiger partial charge >= 0.3 is 6.03 Å². The number of barbiturate groups is 1. The lowest BCUT2D eigenvalue weighted by atomic mass is 10.1. The van der Waals surface area contributed by atoms with E-state index in [4.69, 9.17) is 21.1 Å². The molecule has 35 heavy (non-hydrogen) atoms. The van der Waals surface area contributed by atoms with Crippen LogP contribution in [0.25, 0.3) is 6.08 Å². The Hall–Kier alpha value is -4.10. The second kappa shape index (κ2) is 10.0. The summed E-state index contributed by atoms with van der Waals surface area (Å²) in [5.74, 6) is -0.582. The number of carbonyl (C=O) groups is 3. The van der Waals surface area contributed by atoms with E-state index in [0.717, 1.165) is 21.6 Å². The Morgan fingerprint density at radius 2 is 1.69 bits per heavy atom. The zero-order valence-corrected chi connectivity index (χ0v) is 20.2. The van der Waals surface area contributed by atoms with E-state index in [0.29, 0.717) is 28.7 Å². The van der Waals surface area contributed by atoms with Crippen molar-refractivity contribution in [1.29, 1.82) is 0 Å². The van der Waals surface area contributed by atoms with Gasteiger partial charge < -0.3 is 9.47 Å². The van der Waals surface area contributed by atoms with Gasteiger partial charge in [0.05, 0.1) is 12.8 Å². The van der Waals surface area contributed by atoms with E-state index in [-0.39, 0.29) is 11.3 Å². The fourth-order valence-electron chi connectivity index (χ4n) is 3.88. The van der Waals surface area contributed by atoms with Gasteiger partial charge in [0.1, 0.15) is 12.2 Å². The number of amides is 4. The van der Waals surface area contributed by atoms with Crippen LogP contribution in [0.4, 0.5) is 10.5 Å². The number of rotatable bonds is 6. The number of ether oxygens (including phenoxy) is 2. The number of nitrogens with one attached hydrogen (secondary N) is 1. The highest BCUT2D eigenvalue weighted by Crippen LogP contribution is 2.31. The van der Waals surface area contributed by atoms with Crippen LogP contribution in [0.1, 0.15) is 22.3 Å². The van der Waals surface area contributed by atoms with Crippen molar-refractivity contribution in [3.8, 4) is 11.5 Å². The topological polar surface area (TPSA) is 84.9 Å². The second-order valence-electron chi connectivity index (χ2n) is 8.13. The van der Waals surface area contributed by atoms with Gasteiger partial charge in [-0.05, 0) is 61.4 Å². The van der Waals surface area contributed by atoms with Crippen molar-refractivity contribution >= 4 is 41.2 Å². The first kappa shape index (κ1) is 24.0. The van der Waals surface area contributed by atoms with E-state index < -0.39 is 17.8 Å². The molecule has 0 radical (unpaired) electrons. The van der Waals surface area contributed by atoms with Crippen molar-refractivity contribution in [1.82, 2.24) is 5.32 Å². The van der Waals surface area contributed by atoms with Gasteiger partial charge in [-0.1, -0.05) is 53.1 Å². The standard InChI is InChI=1S/C27H23ClN2O5/c1-16-9-17(2)11-19(10-16)15-35-23-8-7-18(13-24(23)34-3)12-22-25(31)29-27(33)30(26(22)32)21-6-4-5-20(28)14-21/h4-14H,15H2,1-3H3,(H,29,31,33)/b22-12+. The fraction of sp³-hybridized carbons (Fsp3) is 0.148. The third-order valence-corrected chi connectivity index (χ3v) is 5.58. The predicted octanol–water partition coefficient (Wildman–Crippen LogP) is 5.21. The molecule has 1 saturated heterocycles. The summed E-state index contributed by atoms with van der Waals surface area (Å²) in [7, 11) is 1.51. The summed E-state index contributed by atoms with van der Waals surface area (Å²) in [6, 6.07) is 16.7. The van der Waals surface area contributed by atoms with Crippen molar-refractivity contribution in [2.75, 3.05) is 12.0 Å². The molecule has 0 aromatic heterocycles. The quantitative estimate of drug-likeness (QED) is 0.378. The molecule has 1 heterocycles. The summed E-state index contributed by atoms with van der Waals surface area (Å²) in [6.07, 6.45) is 1.40. The zero-order chi connectivity index (χ0) is 25.1. The minimum absolute atomic E-state index is 0.199. The number of hydrogen-bond donors (Lipinski definition) is 1. The molecule has 1 fully saturated rings. The lowest BCUT2D eigenvalue weighted by Crippen LogP contribution is -2.54. The summed E-state index contributed by atoms with van der Waals surface area (Å²) in [4.78, 5) is 38.8. The van der Waals surface area contributed by atoms with Gasteiger partial charge in [0.2, 0.25) is 0 Å². The molecule has 4 rings (SSSR count). The van der Waals surface area contributed by atoms with Crippen LogP contribution >= 0.6 is 11.6 Å². The molecule has 1 N–H and O–H groups in total. The Labute approximate surface area is 207 Å². The largest absolute Gasteiger partial charge is 0.493 e. The number of hydrogen-bond acceptors (Lipinski definition) is 5. The van der Waals surface area contributed by atoms with E-state index in [2.05, 4.69) is 23.5 Å². The van der Waals surface area contributed by atoms with E-state index in [1.165, 1.54) is 19.3 Å². The minimum atomic E-state index is -0.841. The van der Waals surface area contributed by atoms with Crippen molar-refractivity contribution < 1.29 is 23.9 Å². The van der Waals surface area contributed by atoms with Crippen LogP contribution in [0.15, 0.2) is 66.2 Å². The molecule has 3 aromatic carbocycles. The number of urea groups is 1. The minimum Gasteiger partial charge on any atom is -0.493 e. The van der Waals surface area contributed by atoms with Crippen LogP contribution in [-0.2, 0) is 16.2 Å². The highest BCUT2D eigenvalue weighted by Gasteiger charge is 2.36. The Morgan fingerprint density at radius 1 is 0.943 bits per heavy atom. The Bertz CT molecular complexity index is 1350. The molecule has 0 aliphatic carbocycles. The van der Waals surface area contributed by atoms with Gasteiger partial charge in [-0.2, -0.15) is 0 Å². The monoisotopic (exact) mass is 490 g/mol. The fourth-order valence-corrected chi connectivity index (χ4v) is 4.06. The Kier molecular flexibility index (Phi) is 6.89. The number of benzene rings is 3. The maximum absolute atomic E-state index is 13.1. The molecule has 7 nitrogen and oxygen atoms in total. The maximum Gasteiger partial charge on any atom is 0.335 e. The average molecular weight is 491 g/mol. The van der Waals surface area contributed by atoms with E-state index in [9.17, 15) is 14.4 Å². The van der Waals surface area contributed by atoms with E-state index >= 15 is 0 Å². The SMILES string of the molecule is COc1cc(/C=C2\C(=O)NC(=O)N(c3cccc(Cl)c3)C2=O)ccc1OCc1cc(C)cc(C)c1. The number of methoxy groups -OCH3 is 1. The first-order chi connectivity index (χ1) is 16.7. The number of aryl methyl sites for hydroxylation is 2. The summed E-state index contributed by atoms with van der Waals surface area (Å²) in [5, 5.41) is 2.55. The molecule has 0 bridgehead atoms. The lowest BCUT2D eigenvalue weighted by Gasteiger charge is -2.26. The van der Waals surface area contributed by atoms with Gasteiger partial charge in [0.25, 0.3) is 11.8 Å². The first-order valence-electron chi connectivity index (χ1n) is 10.8. The molecule has 178 valence electrons. The second-order valence-corrected chi connectivity index (χ2v) is 8.57. The third-order valence-electron chi connectivity index (χ3n) is 5.34. The number of nitrogens with zero attached hydrogens (tertiary/aromatic N) is 1. The van der Waals surface area contributed by atoms with Crippen LogP contribution in [-0.4, -0.2) is 25.0 Å². The van der Waals surface area contributed by atoms with Crippen molar-refractivity contribution in [3.05, 3.63) is 93.5 Å². The van der Waals surface area contributed by atoms with Gasteiger partial charge in [0, 0.05) is 5.02 Å². The summed E-state index contributed by atoms with van der Waals surface area (Å²) in [6.45, 7) is 4.42. The molecule has 1 aliphatic heterocycles. The van der Waals surface area contributed by atoms with Crippen LogP contribution in [0.3, 0.4) is 0 Å². The van der Waals surface area contributed by atoms with Gasteiger partial charge in [-0.3, -0.25) is 14.9 Å². The highest BCUT2D eigenvalue weighted by atomic mass is 35.5. The maximum atomic E-state index is 13.1. The van der Waals surface area contributed by atoms with Gasteiger partial charge in [-0.25, -0.2) is 9.69 Å². The van der Waals surface area contributed by atoms with E-state index in [1.807, 2.05) is 13.8 Å². The molecule has 8 heteroatoms. The Balaban J connectivity index is 1.59. The molecular formula is C27H23ClN2O5. The molecule has 0 saturated carbocycles. The Morgan fingerprint density at radius 3 is 2.37 bits per heavy atom. The van der Waals surface area contributed by atoms with Gasteiger partial charge in [0.15, 0.2) is 11.5 Å². The van der Waals surface area contributed by atoms with Crippen molar-refractivity contribution in [2.45, 2.75) is 20.5 Å². The molecule has 1 aliphatic rings. The first-order valence-corrected chi connectivity index (χ1v) is 11.2. The van der Waals surface area contributed by atoms with Crippen molar-refractivity contribution in [3.63, 3.8) is 0 Å². The van der Waals surface area contributed by atoms with Crippen molar-refractivity contribution in [2.24, 2.45) is 0 Å². The number of carbonyl (C=O) groups excluding carboxylic acids is 3. The smallest absolute Gasteiger partial charge is 0.335 e. The normalized spacial score (nSPS) is 14.8. The third kappa shape index (κ3) is 5.36. The molecule has 0 atom stereocenters. The number of anilines is 1. The number of halogens is 1. The van der Waals surface area contributed by atoms with Crippen LogP contribution < -0.4 is 19.7 Å². The molecule has 4 amide bonds. The van der Waals surface area contributed by atoms with Crippen LogP contribution in [0.2, 0.25) is 5.02 Å². The molecule has 0 spiro atoms. The average Bonchev–Trinajstić information content (AvgIpc) is 2.80. The van der Waals surface area contributed by atoms with Crippen LogP contribution in [0.5, 0.6) is 11.5 Å². The molecule has 0 unspecified atom stereocenters. The summed E-state index contributed by atoms with van der Waals surface area (Å²) in [5.41, 5.74) is 3.92. The zero-order valence-electron chi connectivity index (χ0n) is 19.4. The number of imide groups is 2. The predicted molar refractivity (Wildman–Crippen MR) is 134 cm³/mol. The molecule has 3 aromatic rings. The molecular weight excluding hydrogens is 468 g/mol. The van der Waals surface area contributed by atoms with E-state index in [1.54, 1.807) is 36.4 Å². The van der Waals surface area contributed by atoms with Gasteiger partial charge in [-0.15, -0.1) is 0 Å². The summed E-state index contributed by atoms with van der Waals surface area (Å²) < 4.78 is 11.4. The lowest BCUT2D eigenvalue weighted by molar-refractivity contribution is -0.122. The summed E-state index contributed by atoms with van der Waals surface area (Å²) >= 11 is 6.01. The van der Waals surface area contributed by atoms with Crippen LogP contribution in [0, 0.1) is 13.8 Å².